The molecular formula is C24H40Cl5N7. The summed E-state index contributed by atoms with van der Waals surface area (Å²) >= 11 is 0. The molecule has 1 unspecified atom stereocenters. The first kappa shape index (κ1) is 35.1. The number of benzene rings is 1. The second kappa shape index (κ2) is 15.5. The first-order chi connectivity index (χ1) is 15.1. The zero-order valence-electron chi connectivity index (χ0n) is 20.9. The van der Waals surface area contributed by atoms with Gasteiger partial charge in [-0.1, -0.05) is 18.2 Å². The van der Waals surface area contributed by atoms with Crippen LogP contribution in [0.5, 0.6) is 0 Å². The molecule has 1 atom stereocenters. The zero-order chi connectivity index (χ0) is 21.4. The lowest BCUT2D eigenvalue weighted by molar-refractivity contribution is 0.312. The highest BCUT2D eigenvalue weighted by molar-refractivity contribution is 5.86. The second-order valence-electron chi connectivity index (χ2n) is 9.47. The normalized spacial score (nSPS) is 19.9. The lowest BCUT2D eigenvalue weighted by Gasteiger charge is -2.37. The number of piperidine rings is 1. The molecule has 0 saturated carbocycles. The molecule has 3 aliphatic heterocycles. The van der Waals surface area contributed by atoms with Gasteiger partial charge in [-0.2, -0.15) is 9.97 Å². The van der Waals surface area contributed by atoms with Gasteiger partial charge >= 0.3 is 0 Å². The molecule has 206 valence electrons. The van der Waals surface area contributed by atoms with Crippen LogP contribution in [0.4, 0.5) is 17.6 Å². The summed E-state index contributed by atoms with van der Waals surface area (Å²) in [5.74, 6) is 2.95. The monoisotopic (exact) mass is 601 g/mol. The van der Waals surface area contributed by atoms with Gasteiger partial charge in [-0.15, -0.1) is 62.0 Å². The third-order valence-corrected chi connectivity index (χ3v) is 7.27. The van der Waals surface area contributed by atoms with Crippen molar-refractivity contribution in [2.45, 2.75) is 44.7 Å². The van der Waals surface area contributed by atoms with Crippen LogP contribution in [0, 0.1) is 0 Å². The van der Waals surface area contributed by atoms with Crippen LogP contribution < -0.4 is 20.9 Å². The molecule has 1 aromatic carbocycles. The summed E-state index contributed by atoms with van der Waals surface area (Å²) in [6.45, 7) is 9.47. The number of rotatable bonds is 3. The van der Waals surface area contributed by atoms with Crippen molar-refractivity contribution >= 4 is 79.6 Å². The molecule has 7 nitrogen and oxygen atoms in total. The van der Waals surface area contributed by atoms with E-state index in [2.05, 4.69) is 68.2 Å². The maximum absolute atomic E-state index is 6.17. The number of halogens is 5. The summed E-state index contributed by atoms with van der Waals surface area (Å²) in [7, 11) is 2.17. The van der Waals surface area contributed by atoms with Gasteiger partial charge in [-0.3, -0.25) is 0 Å². The molecule has 3 aliphatic rings. The van der Waals surface area contributed by atoms with E-state index in [-0.39, 0.29) is 62.0 Å². The van der Waals surface area contributed by atoms with Crippen molar-refractivity contribution in [1.29, 1.82) is 0 Å². The zero-order valence-corrected chi connectivity index (χ0v) is 25.0. The number of hydrogen-bond acceptors (Lipinski definition) is 7. The van der Waals surface area contributed by atoms with Gasteiger partial charge in [-0.05, 0) is 68.9 Å². The fraction of sp³-hybridized carbons (Fsp3) is 0.583. The first-order valence-electron chi connectivity index (χ1n) is 11.7. The summed E-state index contributed by atoms with van der Waals surface area (Å²) < 4.78 is 0. The van der Waals surface area contributed by atoms with E-state index in [1.54, 1.807) is 0 Å². The van der Waals surface area contributed by atoms with Crippen molar-refractivity contribution < 1.29 is 0 Å². The highest BCUT2D eigenvalue weighted by Crippen LogP contribution is 2.33. The second-order valence-corrected chi connectivity index (χ2v) is 9.47. The van der Waals surface area contributed by atoms with E-state index in [9.17, 15) is 0 Å². The molecule has 4 heterocycles. The fourth-order valence-corrected chi connectivity index (χ4v) is 5.26. The van der Waals surface area contributed by atoms with Gasteiger partial charge in [0.05, 0.1) is 0 Å². The van der Waals surface area contributed by atoms with Gasteiger partial charge in [0.2, 0.25) is 5.95 Å². The number of likely N-dealkylation sites (N-methyl/N-ethyl adjacent to an activating group) is 1. The molecule has 0 bridgehead atoms. The minimum atomic E-state index is 0. The van der Waals surface area contributed by atoms with Gasteiger partial charge in [0.1, 0.15) is 11.6 Å². The number of aromatic nitrogens is 2. The average molecular weight is 604 g/mol. The Balaban J connectivity index is 0.00000245. The van der Waals surface area contributed by atoms with Crippen LogP contribution in [-0.2, 0) is 13.0 Å². The third-order valence-electron chi connectivity index (χ3n) is 7.27. The summed E-state index contributed by atoms with van der Waals surface area (Å²) in [5, 5.41) is 3.48. The Hall–Kier alpha value is -0.930. The molecule has 0 radical (unpaired) electrons. The maximum Gasteiger partial charge on any atom is 0.223 e. The van der Waals surface area contributed by atoms with Crippen molar-refractivity contribution in [1.82, 2.24) is 20.2 Å². The van der Waals surface area contributed by atoms with Gasteiger partial charge in [0, 0.05) is 44.8 Å². The number of anilines is 3. The predicted octanol–water partition coefficient (Wildman–Crippen LogP) is 4.34. The minimum absolute atomic E-state index is 0. The van der Waals surface area contributed by atoms with E-state index in [1.165, 1.54) is 29.5 Å². The van der Waals surface area contributed by atoms with Crippen LogP contribution in [0.15, 0.2) is 24.3 Å². The highest BCUT2D eigenvalue weighted by atomic mass is 35.5. The van der Waals surface area contributed by atoms with Crippen molar-refractivity contribution in [3.05, 3.63) is 41.0 Å². The Morgan fingerprint density at radius 3 is 2.17 bits per heavy atom. The largest absolute Gasteiger partial charge is 0.368 e. The summed E-state index contributed by atoms with van der Waals surface area (Å²) in [6, 6.07) is 9.71. The highest BCUT2D eigenvalue weighted by Gasteiger charge is 2.27. The molecular weight excluding hydrogens is 564 g/mol. The smallest absolute Gasteiger partial charge is 0.223 e. The molecule has 1 aromatic heterocycles. The number of piperazine rings is 1. The number of nitrogens with one attached hydrogen (secondary N) is 1. The lowest BCUT2D eigenvalue weighted by Crippen LogP contribution is -2.45. The minimum Gasteiger partial charge on any atom is -0.368 e. The molecule has 5 rings (SSSR count). The molecule has 3 N–H and O–H groups in total. The molecule has 0 amide bonds. The molecule has 36 heavy (non-hydrogen) atoms. The van der Waals surface area contributed by atoms with Crippen LogP contribution in [0.1, 0.15) is 42.4 Å². The molecule has 0 spiro atoms. The Labute approximate surface area is 246 Å². The van der Waals surface area contributed by atoms with Crippen LogP contribution in [0.25, 0.3) is 0 Å². The van der Waals surface area contributed by atoms with E-state index in [0.29, 0.717) is 17.9 Å². The number of nitrogens with zero attached hydrogens (tertiary/aromatic N) is 5. The van der Waals surface area contributed by atoms with Crippen LogP contribution in [0.2, 0.25) is 0 Å². The third kappa shape index (κ3) is 7.79. The standard InChI is InChI=1S/C24H35N7.5ClH/c1-17-13-19-3-4-20(18-5-7-26-8-6-18)14-21(19)16-31(17)23-15-22(27-24(25)28-23)30-11-9-29(2)10-12-30;;;;;/h3-4,14-15,17-18,26H,5-13,16H2,1-2H3,(H2,25,27,28);5*1H. The SMILES string of the molecule is CC1Cc2ccc(C3CCNCC3)cc2CN1c1cc(N2CCN(C)CC2)nc(N)n1.Cl.Cl.Cl.Cl.Cl. The number of hydrogen-bond donors (Lipinski definition) is 2. The summed E-state index contributed by atoms with van der Waals surface area (Å²) in [5.41, 5.74) is 10.6. The van der Waals surface area contributed by atoms with Crippen molar-refractivity contribution in [2.75, 3.05) is 61.8 Å². The van der Waals surface area contributed by atoms with Crippen LogP contribution in [0.3, 0.4) is 0 Å². The van der Waals surface area contributed by atoms with E-state index in [0.717, 1.165) is 63.9 Å². The van der Waals surface area contributed by atoms with E-state index in [1.807, 2.05) is 0 Å². The fourth-order valence-electron chi connectivity index (χ4n) is 5.26. The van der Waals surface area contributed by atoms with Crippen molar-refractivity contribution in [3.8, 4) is 0 Å². The maximum atomic E-state index is 6.17. The molecule has 2 fully saturated rings. The van der Waals surface area contributed by atoms with Gasteiger partial charge < -0.3 is 25.8 Å². The average Bonchev–Trinajstić information content (AvgIpc) is 2.79. The quantitative estimate of drug-likeness (QED) is 0.541. The Morgan fingerprint density at radius 1 is 0.861 bits per heavy atom. The summed E-state index contributed by atoms with van der Waals surface area (Å²) in [4.78, 5) is 16.3. The number of nitrogen functional groups attached to an aromatic ring is 1. The molecule has 12 heteroatoms. The van der Waals surface area contributed by atoms with Crippen molar-refractivity contribution in [2.24, 2.45) is 0 Å². The van der Waals surface area contributed by atoms with E-state index >= 15 is 0 Å². The van der Waals surface area contributed by atoms with Gasteiger partial charge in [-0.25, -0.2) is 0 Å². The van der Waals surface area contributed by atoms with Crippen LogP contribution >= 0.6 is 62.0 Å². The van der Waals surface area contributed by atoms with E-state index < -0.39 is 0 Å². The molecule has 2 saturated heterocycles. The molecule has 2 aromatic rings. The predicted molar refractivity (Wildman–Crippen MR) is 163 cm³/mol. The Morgan fingerprint density at radius 2 is 1.50 bits per heavy atom. The van der Waals surface area contributed by atoms with Gasteiger partial charge in [0.25, 0.3) is 0 Å². The van der Waals surface area contributed by atoms with E-state index in [4.69, 9.17) is 5.73 Å². The lowest BCUT2D eigenvalue weighted by atomic mass is 9.86. The Bertz CT molecular complexity index is 937. The Kier molecular flexibility index (Phi) is 15.1. The van der Waals surface area contributed by atoms with Crippen LogP contribution in [-0.4, -0.2) is 67.2 Å². The topological polar surface area (TPSA) is 73.5 Å². The number of nitrogens with two attached hydrogens (primary N) is 1. The number of fused-ring (bicyclic) bond motifs is 1. The first-order valence-corrected chi connectivity index (χ1v) is 11.7. The summed E-state index contributed by atoms with van der Waals surface area (Å²) in [6.07, 6.45) is 3.50. The van der Waals surface area contributed by atoms with Gasteiger partial charge in [0.15, 0.2) is 0 Å². The molecule has 0 aliphatic carbocycles. The van der Waals surface area contributed by atoms with Crippen molar-refractivity contribution in [3.63, 3.8) is 0 Å².